The van der Waals surface area contributed by atoms with E-state index in [9.17, 15) is 5.11 Å². The van der Waals surface area contributed by atoms with E-state index in [0.717, 1.165) is 42.1 Å². The number of aliphatic hydroxyl groups excluding tert-OH is 1. The van der Waals surface area contributed by atoms with Crippen molar-refractivity contribution in [2.24, 2.45) is 11.8 Å². The molecular weight excluding hydrogens is 353 g/mol. The highest BCUT2D eigenvalue weighted by Gasteiger charge is 2.23. The maximum atomic E-state index is 10.4. The van der Waals surface area contributed by atoms with E-state index in [2.05, 4.69) is 4.90 Å². The molecule has 1 N–H and O–H groups in total. The molecule has 25 heavy (non-hydrogen) atoms. The third-order valence-electron chi connectivity index (χ3n) is 6.10. The molecule has 1 unspecified atom stereocenters. The van der Waals surface area contributed by atoms with Crippen molar-refractivity contribution in [2.75, 3.05) is 19.6 Å². The van der Waals surface area contributed by atoms with Gasteiger partial charge in [0, 0.05) is 11.6 Å². The van der Waals surface area contributed by atoms with Gasteiger partial charge < -0.3 is 10.0 Å². The molecule has 2 nitrogen and oxygen atoms in total. The quantitative estimate of drug-likeness (QED) is 0.661. The Hall–Kier alpha value is -0.280. The average molecular weight is 386 g/mol. The molecule has 1 aromatic carbocycles. The van der Waals surface area contributed by atoms with Gasteiger partial charge in [0.05, 0.1) is 6.10 Å². The van der Waals surface area contributed by atoms with Crippen LogP contribution in [-0.2, 0) is 0 Å². The van der Waals surface area contributed by atoms with Crippen LogP contribution in [0, 0.1) is 11.8 Å². The SMILES string of the molecule is Cl.OC(CN1CCC(CCC2CCCCC2)CC1)c1ccc(Cl)cc1. The fourth-order valence-corrected chi connectivity index (χ4v) is 4.57. The fourth-order valence-electron chi connectivity index (χ4n) is 4.44. The van der Waals surface area contributed by atoms with Crippen LogP contribution < -0.4 is 0 Å². The zero-order valence-corrected chi connectivity index (χ0v) is 16.8. The number of aliphatic hydroxyl groups is 1. The molecular formula is C21H33Cl2NO. The Balaban J connectivity index is 0.00000225. The van der Waals surface area contributed by atoms with E-state index >= 15 is 0 Å². The molecule has 0 bridgehead atoms. The lowest BCUT2D eigenvalue weighted by Gasteiger charge is -2.34. The molecule has 0 radical (unpaired) electrons. The Labute approximate surface area is 164 Å². The lowest BCUT2D eigenvalue weighted by Crippen LogP contribution is -2.36. The Bertz CT molecular complexity index is 479. The molecule has 2 fully saturated rings. The minimum Gasteiger partial charge on any atom is -0.387 e. The Morgan fingerprint density at radius 3 is 2.08 bits per heavy atom. The van der Waals surface area contributed by atoms with Gasteiger partial charge in [0.25, 0.3) is 0 Å². The molecule has 3 rings (SSSR count). The van der Waals surface area contributed by atoms with Crippen molar-refractivity contribution in [3.8, 4) is 0 Å². The normalized spacial score (nSPS) is 21.7. The van der Waals surface area contributed by atoms with E-state index in [-0.39, 0.29) is 12.4 Å². The summed E-state index contributed by atoms with van der Waals surface area (Å²) < 4.78 is 0. The first-order valence-electron chi connectivity index (χ1n) is 9.86. The van der Waals surface area contributed by atoms with E-state index in [1.807, 2.05) is 24.3 Å². The van der Waals surface area contributed by atoms with E-state index in [1.165, 1.54) is 57.8 Å². The largest absolute Gasteiger partial charge is 0.387 e. The number of piperidine rings is 1. The number of likely N-dealkylation sites (tertiary alicyclic amines) is 1. The van der Waals surface area contributed by atoms with Crippen LogP contribution >= 0.6 is 24.0 Å². The summed E-state index contributed by atoms with van der Waals surface area (Å²) in [5.41, 5.74) is 0.971. The van der Waals surface area contributed by atoms with Crippen molar-refractivity contribution in [2.45, 2.75) is 63.9 Å². The number of hydrogen-bond donors (Lipinski definition) is 1. The predicted octanol–water partition coefficient (Wildman–Crippen LogP) is 5.87. The molecule has 1 aliphatic carbocycles. The van der Waals surface area contributed by atoms with Crippen molar-refractivity contribution in [1.82, 2.24) is 4.90 Å². The van der Waals surface area contributed by atoms with Crippen LogP contribution in [0.2, 0.25) is 5.02 Å². The first-order valence-corrected chi connectivity index (χ1v) is 10.2. The first kappa shape index (κ1) is 21.0. The summed E-state index contributed by atoms with van der Waals surface area (Å²) in [7, 11) is 0. The van der Waals surface area contributed by atoms with Crippen molar-refractivity contribution in [1.29, 1.82) is 0 Å². The summed E-state index contributed by atoms with van der Waals surface area (Å²) in [6.45, 7) is 3.02. The maximum absolute atomic E-state index is 10.4. The van der Waals surface area contributed by atoms with Gasteiger partial charge in [-0.1, -0.05) is 68.7 Å². The second-order valence-corrected chi connectivity index (χ2v) is 8.33. The predicted molar refractivity (Wildman–Crippen MR) is 109 cm³/mol. The van der Waals surface area contributed by atoms with Gasteiger partial charge in [0.2, 0.25) is 0 Å². The molecule has 1 atom stereocenters. The number of benzene rings is 1. The van der Waals surface area contributed by atoms with E-state index in [1.54, 1.807) is 0 Å². The lowest BCUT2D eigenvalue weighted by molar-refractivity contribution is 0.0865. The van der Waals surface area contributed by atoms with Gasteiger partial charge in [-0.2, -0.15) is 0 Å². The highest BCUT2D eigenvalue weighted by atomic mass is 35.5. The third-order valence-corrected chi connectivity index (χ3v) is 6.35. The highest BCUT2D eigenvalue weighted by molar-refractivity contribution is 6.30. The fraction of sp³-hybridized carbons (Fsp3) is 0.714. The summed E-state index contributed by atoms with van der Waals surface area (Å²) in [4.78, 5) is 2.43. The second-order valence-electron chi connectivity index (χ2n) is 7.89. The van der Waals surface area contributed by atoms with Crippen LogP contribution in [0.5, 0.6) is 0 Å². The Morgan fingerprint density at radius 2 is 1.48 bits per heavy atom. The molecule has 0 amide bonds. The smallest absolute Gasteiger partial charge is 0.0916 e. The zero-order valence-electron chi connectivity index (χ0n) is 15.2. The van der Waals surface area contributed by atoms with Crippen molar-refractivity contribution >= 4 is 24.0 Å². The molecule has 1 saturated heterocycles. The molecule has 142 valence electrons. The molecule has 0 spiro atoms. The van der Waals surface area contributed by atoms with Crippen LogP contribution in [0.15, 0.2) is 24.3 Å². The molecule has 1 aliphatic heterocycles. The van der Waals surface area contributed by atoms with Gasteiger partial charge in [-0.3, -0.25) is 0 Å². The van der Waals surface area contributed by atoms with Crippen LogP contribution in [-0.4, -0.2) is 29.6 Å². The van der Waals surface area contributed by atoms with E-state index in [0.29, 0.717) is 0 Å². The minimum atomic E-state index is -0.402. The summed E-state index contributed by atoms with van der Waals surface area (Å²) in [6, 6.07) is 7.59. The molecule has 0 aromatic heterocycles. The number of rotatable bonds is 6. The minimum absolute atomic E-state index is 0. The van der Waals surface area contributed by atoms with Gasteiger partial charge in [-0.15, -0.1) is 12.4 Å². The topological polar surface area (TPSA) is 23.5 Å². The number of halogens is 2. The monoisotopic (exact) mass is 385 g/mol. The zero-order chi connectivity index (χ0) is 16.8. The van der Waals surface area contributed by atoms with E-state index < -0.39 is 6.10 Å². The molecule has 4 heteroatoms. The second kappa shape index (κ2) is 10.8. The molecule has 1 heterocycles. The summed E-state index contributed by atoms with van der Waals surface area (Å²) in [6.07, 6.45) is 12.4. The van der Waals surface area contributed by atoms with Gasteiger partial charge in [0.1, 0.15) is 0 Å². The Kier molecular flexibility index (Phi) is 9.06. The van der Waals surface area contributed by atoms with E-state index in [4.69, 9.17) is 11.6 Å². The lowest BCUT2D eigenvalue weighted by atomic mass is 9.82. The number of nitrogens with zero attached hydrogens (tertiary/aromatic N) is 1. The first-order chi connectivity index (χ1) is 11.7. The molecule has 2 aliphatic rings. The van der Waals surface area contributed by atoms with Crippen LogP contribution in [0.25, 0.3) is 0 Å². The maximum Gasteiger partial charge on any atom is 0.0916 e. The van der Waals surface area contributed by atoms with Crippen molar-refractivity contribution in [3.63, 3.8) is 0 Å². The summed E-state index contributed by atoms with van der Waals surface area (Å²) in [5.74, 6) is 1.93. The van der Waals surface area contributed by atoms with Crippen LogP contribution in [0.3, 0.4) is 0 Å². The van der Waals surface area contributed by atoms with Gasteiger partial charge in [-0.25, -0.2) is 0 Å². The third kappa shape index (κ3) is 6.75. The number of hydrogen-bond acceptors (Lipinski definition) is 2. The van der Waals surface area contributed by atoms with Crippen LogP contribution in [0.1, 0.15) is 69.5 Å². The summed E-state index contributed by atoms with van der Waals surface area (Å²) in [5, 5.41) is 11.1. The van der Waals surface area contributed by atoms with Gasteiger partial charge >= 0.3 is 0 Å². The van der Waals surface area contributed by atoms with Crippen molar-refractivity contribution in [3.05, 3.63) is 34.9 Å². The summed E-state index contributed by atoms with van der Waals surface area (Å²) >= 11 is 5.92. The number of β-amino-alcohol motifs (C(OH)–C–C–N with tert-alkyl or cyclic N) is 1. The molecule has 1 saturated carbocycles. The molecule has 1 aromatic rings. The highest BCUT2D eigenvalue weighted by Crippen LogP contribution is 2.31. The average Bonchev–Trinajstić information content (AvgIpc) is 2.62. The standard InChI is InChI=1S/C21H32ClNO.ClH/c22-20-10-8-19(9-11-20)21(24)16-23-14-12-18(13-15-23)7-6-17-4-2-1-3-5-17;/h8-11,17-18,21,24H,1-7,12-16H2;1H. The van der Waals surface area contributed by atoms with Gasteiger partial charge in [-0.05, 0) is 55.5 Å². The van der Waals surface area contributed by atoms with Gasteiger partial charge in [0.15, 0.2) is 0 Å². The van der Waals surface area contributed by atoms with Crippen molar-refractivity contribution < 1.29 is 5.11 Å². The van der Waals surface area contributed by atoms with Crippen LogP contribution in [0.4, 0.5) is 0 Å². The Morgan fingerprint density at radius 1 is 0.920 bits per heavy atom.